The maximum Gasteiger partial charge on any atom is 0.0519 e. The van der Waals surface area contributed by atoms with Gasteiger partial charge in [0.25, 0.3) is 0 Å². The molecule has 2 nitrogen and oxygen atoms in total. The van der Waals surface area contributed by atoms with E-state index in [0.29, 0.717) is 0 Å². The largest absolute Gasteiger partial charge is 0.344 e. The summed E-state index contributed by atoms with van der Waals surface area (Å²) in [6, 6.07) is 8.37. The molecule has 0 atom stereocenters. The second-order valence-electron chi connectivity index (χ2n) is 3.61. The zero-order valence-corrected chi connectivity index (χ0v) is 9.82. The third-order valence-corrected chi connectivity index (χ3v) is 3.26. The maximum absolute atomic E-state index is 4.18. The molecule has 1 aromatic carbocycles. The second kappa shape index (κ2) is 3.07. The molecule has 3 aromatic rings. The average Bonchev–Trinajstić information content (AvgIpc) is 2.54. The van der Waals surface area contributed by atoms with Crippen LogP contribution in [-0.2, 0) is 7.05 Å². The first-order valence-electron chi connectivity index (χ1n) is 4.75. The quantitative estimate of drug-likeness (QED) is 0.605. The van der Waals surface area contributed by atoms with Gasteiger partial charge in [0.15, 0.2) is 0 Å². The predicted octanol–water partition coefficient (Wildman–Crippen LogP) is 3.49. The fraction of sp³-hybridized carbons (Fsp3) is 0.0833. The Morgan fingerprint density at radius 3 is 2.80 bits per heavy atom. The van der Waals surface area contributed by atoms with E-state index >= 15 is 0 Å². The van der Waals surface area contributed by atoms with Gasteiger partial charge in [-0.05, 0) is 24.3 Å². The van der Waals surface area contributed by atoms with Gasteiger partial charge in [0.1, 0.15) is 0 Å². The van der Waals surface area contributed by atoms with Crippen LogP contribution in [0.25, 0.3) is 21.8 Å². The van der Waals surface area contributed by atoms with Crippen LogP contribution in [0.15, 0.2) is 41.1 Å². The Hall–Kier alpha value is -1.35. The van der Waals surface area contributed by atoms with Gasteiger partial charge in [-0.3, -0.25) is 4.98 Å². The molecule has 0 bridgehead atoms. The van der Waals surface area contributed by atoms with E-state index in [1.807, 2.05) is 18.5 Å². The van der Waals surface area contributed by atoms with Crippen LogP contribution in [0.4, 0.5) is 0 Å². The molecule has 0 fully saturated rings. The highest BCUT2D eigenvalue weighted by Crippen LogP contribution is 2.29. The third-order valence-electron chi connectivity index (χ3n) is 2.77. The molecule has 0 spiro atoms. The lowest BCUT2D eigenvalue weighted by Gasteiger charge is -1.96. The van der Waals surface area contributed by atoms with E-state index in [0.717, 1.165) is 4.47 Å². The highest BCUT2D eigenvalue weighted by Gasteiger charge is 2.07. The molecule has 3 heteroatoms. The number of rotatable bonds is 0. The first-order chi connectivity index (χ1) is 7.27. The molecule has 0 aliphatic heterocycles. The first-order valence-corrected chi connectivity index (χ1v) is 5.54. The second-order valence-corrected chi connectivity index (χ2v) is 4.53. The van der Waals surface area contributed by atoms with Gasteiger partial charge < -0.3 is 4.57 Å². The number of halogens is 1. The van der Waals surface area contributed by atoms with Crippen molar-refractivity contribution >= 4 is 37.7 Å². The van der Waals surface area contributed by atoms with E-state index in [2.05, 4.69) is 50.7 Å². The number of hydrogen-bond acceptors (Lipinski definition) is 1. The van der Waals surface area contributed by atoms with Crippen LogP contribution in [0.5, 0.6) is 0 Å². The summed E-state index contributed by atoms with van der Waals surface area (Å²) in [5, 5.41) is 2.45. The van der Waals surface area contributed by atoms with E-state index < -0.39 is 0 Å². The number of hydrogen-bond donors (Lipinski definition) is 0. The number of fused-ring (bicyclic) bond motifs is 3. The molecule has 0 radical (unpaired) electrons. The lowest BCUT2D eigenvalue weighted by atomic mass is 10.2. The lowest BCUT2D eigenvalue weighted by molar-refractivity contribution is 1.01. The minimum atomic E-state index is 1.10. The summed E-state index contributed by atoms with van der Waals surface area (Å²) in [6.07, 6.45) is 3.75. The van der Waals surface area contributed by atoms with E-state index in [1.54, 1.807) is 0 Å². The third kappa shape index (κ3) is 1.20. The number of aryl methyl sites for hydroxylation is 1. The molecule has 0 unspecified atom stereocenters. The topological polar surface area (TPSA) is 17.8 Å². The number of aromatic nitrogens is 2. The van der Waals surface area contributed by atoms with Crippen molar-refractivity contribution in [1.82, 2.24) is 9.55 Å². The van der Waals surface area contributed by atoms with Gasteiger partial charge in [0.2, 0.25) is 0 Å². The monoisotopic (exact) mass is 260 g/mol. The Balaban J connectivity index is 2.64. The van der Waals surface area contributed by atoms with E-state index in [1.165, 1.54) is 21.8 Å². The van der Waals surface area contributed by atoms with Crippen LogP contribution in [-0.4, -0.2) is 9.55 Å². The fourth-order valence-electron chi connectivity index (χ4n) is 2.03. The molecule has 0 amide bonds. The van der Waals surface area contributed by atoms with Gasteiger partial charge in [-0.2, -0.15) is 0 Å². The van der Waals surface area contributed by atoms with E-state index in [4.69, 9.17) is 0 Å². The van der Waals surface area contributed by atoms with E-state index in [9.17, 15) is 0 Å². The van der Waals surface area contributed by atoms with Crippen LogP contribution in [0, 0.1) is 0 Å². The predicted molar refractivity (Wildman–Crippen MR) is 65.9 cm³/mol. The summed E-state index contributed by atoms with van der Waals surface area (Å²) in [4.78, 5) is 4.18. The molecule has 2 heterocycles. The van der Waals surface area contributed by atoms with Gasteiger partial charge in [-0.15, -0.1) is 0 Å². The Bertz CT molecular complexity index is 655. The molecule has 2 aromatic heterocycles. The molecule has 0 aliphatic carbocycles. The molecule has 3 rings (SSSR count). The highest BCUT2D eigenvalue weighted by molar-refractivity contribution is 9.10. The summed E-state index contributed by atoms with van der Waals surface area (Å²) in [5.41, 5.74) is 2.46. The summed E-state index contributed by atoms with van der Waals surface area (Å²) in [7, 11) is 2.08. The number of benzene rings is 1. The van der Waals surface area contributed by atoms with Crippen molar-refractivity contribution in [1.29, 1.82) is 0 Å². The number of pyridine rings is 1. The fourth-order valence-corrected chi connectivity index (χ4v) is 2.39. The molecular weight excluding hydrogens is 252 g/mol. The maximum atomic E-state index is 4.18. The van der Waals surface area contributed by atoms with Crippen molar-refractivity contribution < 1.29 is 0 Å². The number of nitrogens with zero attached hydrogens (tertiary/aromatic N) is 2. The van der Waals surface area contributed by atoms with Gasteiger partial charge >= 0.3 is 0 Å². The Morgan fingerprint density at radius 1 is 1.13 bits per heavy atom. The molecule has 15 heavy (non-hydrogen) atoms. The summed E-state index contributed by atoms with van der Waals surface area (Å²) in [5.74, 6) is 0. The molecule has 0 N–H and O–H groups in total. The van der Waals surface area contributed by atoms with Crippen molar-refractivity contribution in [2.45, 2.75) is 0 Å². The highest BCUT2D eigenvalue weighted by atomic mass is 79.9. The van der Waals surface area contributed by atoms with Gasteiger partial charge in [-0.1, -0.05) is 15.9 Å². The normalized spacial score (nSPS) is 11.3. The van der Waals surface area contributed by atoms with Crippen LogP contribution < -0.4 is 0 Å². The standard InChI is InChI=1S/C12H9BrN2/c1-15-11-3-2-8(13)6-9(11)10-7-14-5-4-12(10)15/h2-7H,1H3. The van der Waals surface area contributed by atoms with Crippen molar-refractivity contribution in [3.8, 4) is 0 Å². The lowest BCUT2D eigenvalue weighted by Crippen LogP contribution is -1.85. The smallest absolute Gasteiger partial charge is 0.0519 e. The minimum Gasteiger partial charge on any atom is -0.344 e. The minimum absolute atomic E-state index is 1.10. The van der Waals surface area contributed by atoms with Crippen LogP contribution in [0.3, 0.4) is 0 Å². The first kappa shape index (κ1) is 8.92. The average molecular weight is 261 g/mol. The van der Waals surface area contributed by atoms with Gasteiger partial charge in [0.05, 0.1) is 5.52 Å². The summed E-state index contributed by atoms with van der Waals surface area (Å²) >= 11 is 3.50. The molecule has 74 valence electrons. The Labute approximate surface area is 95.7 Å². The van der Waals surface area contributed by atoms with Gasteiger partial charge in [0, 0.05) is 40.2 Å². The zero-order valence-electron chi connectivity index (χ0n) is 8.24. The Morgan fingerprint density at radius 2 is 1.93 bits per heavy atom. The SMILES string of the molecule is Cn1c2ccncc2c2cc(Br)ccc21. The van der Waals surface area contributed by atoms with Crippen LogP contribution >= 0.6 is 15.9 Å². The molecule has 0 saturated carbocycles. The van der Waals surface area contributed by atoms with Crippen molar-refractivity contribution in [2.24, 2.45) is 7.05 Å². The van der Waals surface area contributed by atoms with Crippen molar-refractivity contribution in [3.05, 3.63) is 41.1 Å². The summed E-state index contributed by atoms with van der Waals surface area (Å²) in [6.45, 7) is 0. The van der Waals surface area contributed by atoms with Crippen molar-refractivity contribution in [2.75, 3.05) is 0 Å². The summed E-state index contributed by atoms with van der Waals surface area (Å²) < 4.78 is 3.30. The van der Waals surface area contributed by atoms with E-state index in [-0.39, 0.29) is 0 Å². The molecule has 0 saturated heterocycles. The van der Waals surface area contributed by atoms with Crippen molar-refractivity contribution in [3.63, 3.8) is 0 Å². The van der Waals surface area contributed by atoms with Crippen LogP contribution in [0.2, 0.25) is 0 Å². The van der Waals surface area contributed by atoms with Crippen LogP contribution in [0.1, 0.15) is 0 Å². The zero-order chi connectivity index (χ0) is 10.4. The molecule has 0 aliphatic rings. The van der Waals surface area contributed by atoms with Gasteiger partial charge in [-0.25, -0.2) is 0 Å². The molecular formula is C12H9BrN2. The Kier molecular flexibility index (Phi) is 1.83.